The number of hydrogen-bond acceptors (Lipinski definition) is 2. The summed E-state index contributed by atoms with van der Waals surface area (Å²) in [6.45, 7) is 5.35. The van der Waals surface area contributed by atoms with E-state index in [-0.39, 0.29) is 0 Å². The molecule has 0 aromatic heterocycles. The zero-order valence-corrected chi connectivity index (χ0v) is 7.26. The van der Waals surface area contributed by atoms with Crippen LogP contribution >= 0.6 is 0 Å². The third-order valence-electron chi connectivity index (χ3n) is 1.89. The molecule has 0 bridgehead atoms. The van der Waals surface area contributed by atoms with Crippen LogP contribution in [-0.4, -0.2) is 13.1 Å². The summed E-state index contributed by atoms with van der Waals surface area (Å²) >= 11 is 0. The standard InChI is InChI=1S/C9H20N2/c1-2-9(5-3-7-10)6-4-8-11/h2,9H,1,3-8,10-11H2. The topological polar surface area (TPSA) is 52.0 Å². The van der Waals surface area contributed by atoms with E-state index in [4.69, 9.17) is 11.5 Å². The molecule has 0 saturated carbocycles. The van der Waals surface area contributed by atoms with Gasteiger partial charge in [0.05, 0.1) is 0 Å². The Morgan fingerprint density at radius 2 is 1.55 bits per heavy atom. The van der Waals surface area contributed by atoms with E-state index in [2.05, 4.69) is 6.58 Å². The normalized spacial score (nSPS) is 10.5. The maximum absolute atomic E-state index is 5.40. The summed E-state index contributed by atoms with van der Waals surface area (Å²) in [5.74, 6) is 0.627. The molecule has 0 radical (unpaired) electrons. The van der Waals surface area contributed by atoms with Crippen LogP contribution in [0.25, 0.3) is 0 Å². The summed E-state index contributed by atoms with van der Waals surface area (Å²) in [5, 5.41) is 0. The van der Waals surface area contributed by atoms with E-state index in [1.54, 1.807) is 0 Å². The van der Waals surface area contributed by atoms with Gasteiger partial charge in [0.2, 0.25) is 0 Å². The Morgan fingerprint density at radius 3 is 1.82 bits per heavy atom. The Labute approximate surface area is 69.6 Å². The van der Waals surface area contributed by atoms with Gasteiger partial charge in [-0.3, -0.25) is 0 Å². The lowest BCUT2D eigenvalue weighted by molar-refractivity contribution is 0.512. The molecule has 2 nitrogen and oxygen atoms in total. The molecule has 0 unspecified atom stereocenters. The molecule has 0 saturated heterocycles. The zero-order valence-electron chi connectivity index (χ0n) is 7.26. The van der Waals surface area contributed by atoms with Gasteiger partial charge in [0.15, 0.2) is 0 Å². The number of rotatable bonds is 7. The summed E-state index contributed by atoms with van der Waals surface area (Å²) in [6.07, 6.45) is 6.55. The molecule has 0 aliphatic carbocycles. The van der Waals surface area contributed by atoms with Gasteiger partial charge in [0.1, 0.15) is 0 Å². The molecular weight excluding hydrogens is 136 g/mol. The van der Waals surface area contributed by atoms with Gasteiger partial charge in [-0.1, -0.05) is 6.08 Å². The maximum Gasteiger partial charge on any atom is -0.00771 e. The van der Waals surface area contributed by atoms with Crippen molar-refractivity contribution in [1.29, 1.82) is 0 Å². The molecule has 0 rings (SSSR count). The smallest absolute Gasteiger partial charge is 0.00771 e. The van der Waals surface area contributed by atoms with Crippen LogP contribution in [0, 0.1) is 5.92 Å². The molecule has 0 aliphatic heterocycles. The van der Waals surface area contributed by atoms with E-state index in [0.29, 0.717) is 5.92 Å². The van der Waals surface area contributed by atoms with Gasteiger partial charge in [0, 0.05) is 0 Å². The van der Waals surface area contributed by atoms with Gasteiger partial charge in [0.25, 0.3) is 0 Å². The molecule has 66 valence electrons. The minimum Gasteiger partial charge on any atom is -0.330 e. The molecule has 0 aromatic rings. The number of hydrogen-bond donors (Lipinski definition) is 2. The molecule has 0 spiro atoms. The third kappa shape index (κ3) is 6.07. The fourth-order valence-corrected chi connectivity index (χ4v) is 1.14. The molecule has 11 heavy (non-hydrogen) atoms. The quantitative estimate of drug-likeness (QED) is 0.545. The maximum atomic E-state index is 5.40. The number of nitrogens with two attached hydrogens (primary N) is 2. The van der Waals surface area contributed by atoms with E-state index in [9.17, 15) is 0 Å². The fraction of sp³-hybridized carbons (Fsp3) is 0.778. The highest BCUT2D eigenvalue weighted by molar-refractivity contribution is 4.78. The van der Waals surface area contributed by atoms with Crippen LogP contribution in [-0.2, 0) is 0 Å². The molecule has 0 aromatic carbocycles. The van der Waals surface area contributed by atoms with Gasteiger partial charge in [-0.05, 0) is 44.7 Å². The predicted molar refractivity (Wildman–Crippen MR) is 50.3 cm³/mol. The van der Waals surface area contributed by atoms with Gasteiger partial charge < -0.3 is 11.5 Å². The van der Waals surface area contributed by atoms with Crippen molar-refractivity contribution < 1.29 is 0 Å². The van der Waals surface area contributed by atoms with Crippen LogP contribution in [0.3, 0.4) is 0 Å². The van der Waals surface area contributed by atoms with Gasteiger partial charge in [-0.15, -0.1) is 6.58 Å². The van der Waals surface area contributed by atoms with Crippen molar-refractivity contribution in [3.05, 3.63) is 12.7 Å². The van der Waals surface area contributed by atoms with E-state index in [1.165, 1.54) is 12.8 Å². The van der Waals surface area contributed by atoms with E-state index in [0.717, 1.165) is 25.9 Å². The lowest BCUT2D eigenvalue weighted by atomic mass is 9.98. The predicted octanol–water partition coefficient (Wildman–Crippen LogP) is 1.27. The molecule has 0 aliphatic rings. The Balaban J connectivity index is 3.33. The molecule has 0 atom stereocenters. The number of allylic oxidation sites excluding steroid dienone is 1. The van der Waals surface area contributed by atoms with Crippen molar-refractivity contribution in [3.63, 3.8) is 0 Å². The van der Waals surface area contributed by atoms with Crippen molar-refractivity contribution >= 4 is 0 Å². The van der Waals surface area contributed by atoms with Crippen LogP contribution in [0.15, 0.2) is 12.7 Å². The van der Waals surface area contributed by atoms with Gasteiger partial charge in [-0.25, -0.2) is 0 Å². The summed E-state index contributed by atoms with van der Waals surface area (Å²) in [6, 6.07) is 0. The second-order valence-electron chi connectivity index (χ2n) is 2.86. The van der Waals surface area contributed by atoms with E-state index in [1.807, 2.05) is 6.08 Å². The molecule has 0 fully saturated rings. The zero-order chi connectivity index (χ0) is 8.53. The molecule has 0 amide bonds. The highest BCUT2D eigenvalue weighted by Gasteiger charge is 2.01. The van der Waals surface area contributed by atoms with Crippen LogP contribution in [0.4, 0.5) is 0 Å². The highest BCUT2D eigenvalue weighted by Crippen LogP contribution is 2.13. The van der Waals surface area contributed by atoms with Crippen molar-refractivity contribution in [1.82, 2.24) is 0 Å². The van der Waals surface area contributed by atoms with Crippen LogP contribution in [0.1, 0.15) is 25.7 Å². The van der Waals surface area contributed by atoms with Crippen molar-refractivity contribution in [2.75, 3.05) is 13.1 Å². The average Bonchev–Trinajstić information content (AvgIpc) is 2.05. The van der Waals surface area contributed by atoms with Gasteiger partial charge >= 0.3 is 0 Å². The molecular formula is C9H20N2. The monoisotopic (exact) mass is 156 g/mol. The SMILES string of the molecule is C=CC(CCCN)CCCN. The fourth-order valence-electron chi connectivity index (χ4n) is 1.14. The van der Waals surface area contributed by atoms with E-state index < -0.39 is 0 Å². The van der Waals surface area contributed by atoms with Crippen molar-refractivity contribution in [3.8, 4) is 0 Å². The first-order chi connectivity index (χ1) is 5.35. The van der Waals surface area contributed by atoms with Crippen LogP contribution in [0.2, 0.25) is 0 Å². The lowest BCUT2D eigenvalue weighted by Crippen LogP contribution is -2.06. The van der Waals surface area contributed by atoms with Gasteiger partial charge in [-0.2, -0.15) is 0 Å². The molecule has 0 heterocycles. The summed E-state index contributed by atoms with van der Waals surface area (Å²) < 4.78 is 0. The summed E-state index contributed by atoms with van der Waals surface area (Å²) in [4.78, 5) is 0. The largest absolute Gasteiger partial charge is 0.330 e. The minimum absolute atomic E-state index is 0.627. The first kappa shape index (κ1) is 10.7. The van der Waals surface area contributed by atoms with Crippen LogP contribution in [0.5, 0.6) is 0 Å². The lowest BCUT2D eigenvalue weighted by Gasteiger charge is -2.09. The Bertz CT molecular complexity index is 83.6. The van der Waals surface area contributed by atoms with Crippen molar-refractivity contribution in [2.45, 2.75) is 25.7 Å². The first-order valence-corrected chi connectivity index (χ1v) is 4.37. The Hall–Kier alpha value is -0.340. The van der Waals surface area contributed by atoms with Crippen molar-refractivity contribution in [2.24, 2.45) is 17.4 Å². The second-order valence-corrected chi connectivity index (χ2v) is 2.86. The summed E-state index contributed by atoms with van der Waals surface area (Å²) in [5.41, 5.74) is 10.8. The second kappa shape index (κ2) is 7.76. The summed E-state index contributed by atoms with van der Waals surface area (Å²) in [7, 11) is 0. The van der Waals surface area contributed by atoms with E-state index >= 15 is 0 Å². The average molecular weight is 156 g/mol. The first-order valence-electron chi connectivity index (χ1n) is 4.37. The third-order valence-corrected chi connectivity index (χ3v) is 1.89. The molecule has 2 heteroatoms. The highest BCUT2D eigenvalue weighted by atomic mass is 14.5. The minimum atomic E-state index is 0.627. The molecule has 4 N–H and O–H groups in total. The Kier molecular flexibility index (Phi) is 7.52. The van der Waals surface area contributed by atoms with Crippen LogP contribution < -0.4 is 11.5 Å². The Morgan fingerprint density at radius 1 is 1.09 bits per heavy atom.